The number of ether oxygens (including phenoxy) is 1. The third-order valence-corrected chi connectivity index (χ3v) is 5.10. The summed E-state index contributed by atoms with van der Waals surface area (Å²) in [7, 11) is 3.42. The monoisotopic (exact) mass is 398 g/mol. The van der Waals surface area contributed by atoms with Crippen LogP contribution in [0, 0.1) is 0 Å². The van der Waals surface area contributed by atoms with Crippen molar-refractivity contribution < 1.29 is 4.74 Å². The van der Waals surface area contributed by atoms with E-state index in [1.54, 1.807) is 14.2 Å². The minimum Gasteiger partial charge on any atom is -0.497 e. The van der Waals surface area contributed by atoms with Gasteiger partial charge in [0.05, 0.1) is 7.11 Å². The predicted octanol–water partition coefficient (Wildman–Crippen LogP) is 3.63. The zero-order valence-electron chi connectivity index (χ0n) is 16.4. The van der Waals surface area contributed by atoms with Gasteiger partial charge in [0.2, 0.25) is 0 Å². The van der Waals surface area contributed by atoms with Crippen LogP contribution >= 0.6 is 11.6 Å². The molecule has 2 N–H and O–H groups in total. The average Bonchev–Trinajstić information content (AvgIpc) is 3.26. The van der Waals surface area contributed by atoms with Gasteiger partial charge in [0, 0.05) is 43.9 Å². The Hall–Kier alpha value is -2.66. The normalized spacial score (nSPS) is 13.7. The molecule has 0 bridgehead atoms. The van der Waals surface area contributed by atoms with Crippen molar-refractivity contribution in [3.05, 3.63) is 70.8 Å². The quantitative estimate of drug-likeness (QED) is 0.425. The van der Waals surface area contributed by atoms with E-state index < -0.39 is 0 Å². The first-order valence-electron chi connectivity index (χ1n) is 9.45. The average molecular weight is 399 g/mol. The van der Waals surface area contributed by atoms with Crippen LogP contribution in [0.15, 0.2) is 59.6 Å². The lowest BCUT2D eigenvalue weighted by molar-refractivity contribution is 0.414. The summed E-state index contributed by atoms with van der Waals surface area (Å²) in [5, 5.41) is 7.41. The van der Waals surface area contributed by atoms with Crippen LogP contribution in [0.1, 0.15) is 11.1 Å². The van der Waals surface area contributed by atoms with Crippen LogP contribution < -0.4 is 20.3 Å². The third-order valence-electron chi connectivity index (χ3n) is 4.75. The van der Waals surface area contributed by atoms with E-state index in [-0.39, 0.29) is 0 Å². The fourth-order valence-electron chi connectivity index (χ4n) is 3.09. The number of nitrogens with one attached hydrogen (secondary N) is 2. The van der Waals surface area contributed by atoms with Gasteiger partial charge in [0.15, 0.2) is 5.96 Å². The number of methoxy groups -OCH3 is 1. The van der Waals surface area contributed by atoms with Crippen molar-refractivity contribution in [2.75, 3.05) is 38.7 Å². The zero-order valence-corrected chi connectivity index (χ0v) is 17.2. The van der Waals surface area contributed by atoms with Crippen molar-refractivity contribution in [2.24, 2.45) is 4.99 Å². The third kappa shape index (κ3) is 5.42. The second kappa shape index (κ2) is 10.0. The summed E-state index contributed by atoms with van der Waals surface area (Å²) < 4.78 is 5.19. The summed E-state index contributed by atoms with van der Waals surface area (Å²) in [5.41, 5.74) is 3.56. The molecule has 0 fully saturated rings. The smallest absolute Gasteiger partial charge is 0.191 e. The standard InChI is InChI=1S/C22H27ClN4O/c1-24-22(25-12-11-18-7-10-20(28-2)15-21(18)23)26-16-17-5-8-19(9-6-17)27-13-3-4-14-27/h3-10,15H,11-14,16H2,1-2H3,(H2,24,25,26). The maximum atomic E-state index is 6.30. The van der Waals surface area contributed by atoms with Crippen molar-refractivity contribution in [1.29, 1.82) is 0 Å². The highest BCUT2D eigenvalue weighted by molar-refractivity contribution is 6.31. The molecule has 5 nitrogen and oxygen atoms in total. The SMILES string of the molecule is CN=C(NCCc1ccc(OC)cc1Cl)NCc1ccc(N2CC=CC2)cc1. The van der Waals surface area contributed by atoms with Gasteiger partial charge in [-0.3, -0.25) is 4.99 Å². The molecule has 0 atom stereocenters. The van der Waals surface area contributed by atoms with Gasteiger partial charge in [-0.05, 0) is 41.8 Å². The van der Waals surface area contributed by atoms with Crippen molar-refractivity contribution in [3.8, 4) is 5.75 Å². The molecule has 2 aromatic carbocycles. The van der Waals surface area contributed by atoms with Crippen molar-refractivity contribution in [1.82, 2.24) is 10.6 Å². The summed E-state index contributed by atoms with van der Waals surface area (Å²) in [6, 6.07) is 14.4. The van der Waals surface area contributed by atoms with Crippen molar-refractivity contribution in [2.45, 2.75) is 13.0 Å². The molecular formula is C22H27ClN4O. The van der Waals surface area contributed by atoms with E-state index in [2.05, 4.69) is 56.9 Å². The molecule has 0 aromatic heterocycles. The van der Waals surface area contributed by atoms with Gasteiger partial charge in [-0.2, -0.15) is 0 Å². The Kier molecular flexibility index (Phi) is 7.20. The molecule has 1 aliphatic rings. The lowest BCUT2D eigenvalue weighted by Gasteiger charge is -2.18. The second-order valence-corrected chi connectivity index (χ2v) is 7.01. The molecule has 0 radical (unpaired) electrons. The van der Waals surface area contributed by atoms with Gasteiger partial charge in [0.25, 0.3) is 0 Å². The molecule has 148 valence electrons. The lowest BCUT2D eigenvalue weighted by Crippen LogP contribution is -2.37. The summed E-state index contributed by atoms with van der Waals surface area (Å²) in [6.45, 7) is 3.45. The molecule has 0 saturated carbocycles. The van der Waals surface area contributed by atoms with Gasteiger partial charge in [0.1, 0.15) is 5.75 Å². The molecular weight excluding hydrogens is 372 g/mol. The fourth-order valence-corrected chi connectivity index (χ4v) is 3.36. The van der Waals surface area contributed by atoms with Gasteiger partial charge >= 0.3 is 0 Å². The molecule has 0 aliphatic carbocycles. The molecule has 0 amide bonds. The number of halogens is 1. The van der Waals surface area contributed by atoms with Gasteiger partial charge < -0.3 is 20.3 Å². The molecule has 1 heterocycles. The zero-order chi connectivity index (χ0) is 19.8. The Balaban J connectivity index is 1.44. The Morgan fingerprint density at radius 2 is 1.86 bits per heavy atom. The number of hydrogen-bond donors (Lipinski definition) is 2. The van der Waals surface area contributed by atoms with E-state index in [0.717, 1.165) is 54.9 Å². The van der Waals surface area contributed by atoms with Crippen LogP contribution in [0.2, 0.25) is 5.02 Å². The lowest BCUT2D eigenvalue weighted by atomic mass is 10.1. The summed E-state index contributed by atoms with van der Waals surface area (Å²) in [6.07, 6.45) is 5.20. The van der Waals surface area contributed by atoms with Crippen molar-refractivity contribution >= 4 is 23.2 Å². The molecule has 0 spiro atoms. The maximum Gasteiger partial charge on any atom is 0.191 e. The van der Waals surface area contributed by atoms with E-state index in [1.807, 2.05) is 18.2 Å². The highest BCUT2D eigenvalue weighted by Crippen LogP contribution is 2.22. The molecule has 2 aromatic rings. The van der Waals surface area contributed by atoms with Crippen LogP contribution in [-0.2, 0) is 13.0 Å². The van der Waals surface area contributed by atoms with E-state index in [0.29, 0.717) is 0 Å². The molecule has 1 aliphatic heterocycles. The number of hydrogen-bond acceptors (Lipinski definition) is 3. The first-order valence-corrected chi connectivity index (χ1v) is 9.83. The van der Waals surface area contributed by atoms with Crippen LogP contribution in [0.25, 0.3) is 0 Å². The number of nitrogens with zero attached hydrogens (tertiary/aromatic N) is 2. The van der Waals surface area contributed by atoms with Gasteiger partial charge in [-0.25, -0.2) is 0 Å². The maximum absolute atomic E-state index is 6.30. The minimum atomic E-state index is 0.720. The Morgan fingerprint density at radius 3 is 2.50 bits per heavy atom. The van der Waals surface area contributed by atoms with Crippen molar-refractivity contribution in [3.63, 3.8) is 0 Å². The summed E-state index contributed by atoms with van der Waals surface area (Å²) >= 11 is 6.30. The van der Waals surface area contributed by atoms with Crippen LogP contribution in [-0.4, -0.2) is 39.8 Å². The number of anilines is 1. The number of guanidine groups is 1. The van der Waals surface area contributed by atoms with Crippen LogP contribution in [0.4, 0.5) is 5.69 Å². The first-order chi connectivity index (χ1) is 13.7. The summed E-state index contributed by atoms with van der Waals surface area (Å²) in [4.78, 5) is 6.62. The summed E-state index contributed by atoms with van der Waals surface area (Å²) in [5.74, 6) is 1.55. The van der Waals surface area contributed by atoms with E-state index in [9.17, 15) is 0 Å². The molecule has 0 saturated heterocycles. The topological polar surface area (TPSA) is 48.9 Å². The van der Waals surface area contributed by atoms with Crippen LogP contribution in [0.5, 0.6) is 5.75 Å². The number of aliphatic imine (C=N–C) groups is 1. The fraction of sp³-hybridized carbons (Fsp3) is 0.318. The molecule has 28 heavy (non-hydrogen) atoms. The van der Waals surface area contributed by atoms with E-state index in [1.165, 1.54) is 11.3 Å². The molecule has 0 unspecified atom stereocenters. The van der Waals surface area contributed by atoms with Gasteiger partial charge in [-0.15, -0.1) is 0 Å². The molecule has 6 heteroatoms. The van der Waals surface area contributed by atoms with Gasteiger partial charge in [-0.1, -0.05) is 42.0 Å². The largest absolute Gasteiger partial charge is 0.497 e. The van der Waals surface area contributed by atoms with E-state index in [4.69, 9.17) is 16.3 Å². The van der Waals surface area contributed by atoms with E-state index >= 15 is 0 Å². The highest BCUT2D eigenvalue weighted by atomic mass is 35.5. The Labute approximate surface area is 172 Å². The first kappa shape index (κ1) is 20.1. The molecule has 3 rings (SSSR count). The second-order valence-electron chi connectivity index (χ2n) is 6.60. The number of rotatable bonds is 7. The predicted molar refractivity (Wildman–Crippen MR) is 118 cm³/mol. The highest BCUT2D eigenvalue weighted by Gasteiger charge is 2.07. The Bertz CT molecular complexity index is 825. The van der Waals surface area contributed by atoms with Crippen LogP contribution in [0.3, 0.4) is 0 Å². The number of benzene rings is 2. The Morgan fingerprint density at radius 1 is 1.11 bits per heavy atom. The minimum absolute atomic E-state index is 0.720.